The van der Waals surface area contributed by atoms with Crippen LogP contribution in [0.4, 0.5) is 11.4 Å². The maximum absolute atomic E-state index is 12.0. The molecular weight excluding hydrogens is 260 g/mol. The van der Waals surface area contributed by atoms with Gasteiger partial charge in [0.05, 0.1) is 37.6 Å². The molecule has 6 nitrogen and oxygen atoms in total. The maximum atomic E-state index is 12.0. The Morgan fingerprint density at radius 2 is 1.75 bits per heavy atom. The van der Waals surface area contributed by atoms with Crippen molar-refractivity contribution >= 4 is 17.3 Å². The Morgan fingerprint density at radius 3 is 2.25 bits per heavy atom. The molecule has 0 spiro atoms. The van der Waals surface area contributed by atoms with E-state index in [-0.39, 0.29) is 12.3 Å². The molecule has 112 valence electrons. The summed E-state index contributed by atoms with van der Waals surface area (Å²) in [5.41, 5.74) is 6.25. The van der Waals surface area contributed by atoms with Gasteiger partial charge in [0.15, 0.2) is 11.5 Å². The van der Waals surface area contributed by atoms with Gasteiger partial charge >= 0.3 is 0 Å². The molecule has 0 radical (unpaired) electrons. The third-order valence-electron chi connectivity index (χ3n) is 2.97. The SMILES string of the molecule is COc1cc(N)c(NC(=O)CC(C)(C)OC)cc1OC. The Balaban J connectivity index is 2.90. The number of methoxy groups -OCH3 is 3. The summed E-state index contributed by atoms with van der Waals surface area (Å²) in [7, 11) is 4.61. The van der Waals surface area contributed by atoms with Crippen molar-refractivity contribution in [2.75, 3.05) is 32.4 Å². The first-order valence-corrected chi connectivity index (χ1v) is 6.19. The lowest BCUT2D eigenvalue weighted by Crippen LogP contribution is -2.29. The summed E-state index contributed by atoms with van der Waals surface area (Å²) in [4.78, 5) is 12.0. The lowest BCUT2D eigenvalue weighted by molar-refractivity contribution is -0.121. The van der Waals surface area contributed by atoms with Gasteiger partial charge in [0, 0.05) is 19.2 Å². The largest absolute Gasteiger partial charge is 0.493 e. The van der Waals surface area contributed by atoms with Gasteiger partial charge in [0.25, 0.3) is 0 Å². The molecule has 0 fully saturated rings. The van der Waals surface area contributed by atoms with Gasteiger partial charge in [0.2, 0.25) is 5.91 Å². The molecule has 3 N–H and O–H groups in total. The average Bonchev–Trinajstić information content (AvgIpc) is 2.39. The minimum atomic E-state index is -0.532. The highest BCUT2D eigenvalue weighted by Crippen LogP contribution is 2.35. The van der Waals surface area contributed by atoms with Crippen LogP contribution < -0.4 is 20.5 Å². The molecule has 6 heteroatoms. The summed E-state index contributed by atoms with van der Waals surface area (Å²) >= 11 is 0. The molecule has 0 heterocycles. The fourth-order valence-electron chi connectivity index (χ4n) is 1.66. The molecule has 0 aliphatic carbocycles. The van der Waals surface area contributed by atoms with E-state index in [0.717, 1.165) is 0 Å². The molecule has 1 aromatic carbocycles. The lowest BCUT2D eigenvalue weighted by Gasteiger charge is -2.22. The van der Waals surface area contributed by atoms with E-state index in [1.54, 1.807) is 19.2 Å². The van der Waals surface area contributed by atoms with Gasteiger partial charge in [-0.3, -0.25) is 4.79 Å². The Kier molecular flexibility index (Phi) is 5.21. The molecule has 20 heavy (non-hydrogen) atoms. The first-order valence-electron chi connectivity index (χ1n) is 6.19. The number of ether oxygens (including phenoxy) is 3. The average molecular weight is 282 g/mol. The van der Waals surface area contributed by atoms with Crippen molar-refractivity contribution in [3.63, 3.8) is 0 Å². The minimum absolute atomic E-state index is 0.184. The lowest BCUT2D eigenvalue weighted by atomic mass is 10.0. The third kappa shape index (κ3) is 4.03. The number of carbonyl (C=O) groups excluding carboxylic acids is 1. The minimum Gasteiger partial charge on any atom is -0.493 e. The molecule has 0 bridgehead atoms. The number of anilines is 2. The zero-order valence-corrected chi connectivity index (χ0v) is 12.6. The molecular formula is C14H22N2O4. The summed E-state index contributed by atoms with van der Waals surface area (Å²) < 4.78 is 15.5. The third-order valence-corrected chi connectivity index (χ3v) is 2.97. The second kappa shape index (κ2) is 6.47. The summed E-state index contributed by atoms with van der Waals surface area (Å²) in [6.45, 7) is 3.68. The highest BCUT2D eigenvalue weighted by Gasteiger charge is 2.22. The molecule has 0 aliphatic rings. The van der Waals surface area contributed by atoms with Crippen molar-refractivity contribution in [1.29, 1.82) is 0 Å². The first-order chi connectivity index (χ1) is 9.32. The maximum Gasteiger partial charge on any atom is 0.227 e. The van der Waals surface area contributed by atoms with Gasteiger partial charge in [-0.25, -0.2) is 0 Å². The van der Waals surface area contributed by atoms with Crippen molar-refractivity contribution in [3.05, 3.63) is 12.1 Å². The number of hydrogen-bond donors (Lipinski definition) is 2. The van der Waals surface area contributed by atoms with Crippen LogP contribution in [-0.2, 0) is 9.53 Å². The monoisotopic (exact) mass is 282 g/mol. The van der Waals surface area contributed by atoms with Crippen molar-refractivity contribution in [2.24, 2.45) is 0 Å². The van der Waals surface area contributed by atoms with E-state index in [9.17, 15) is 4.79 Å². The topological polar surface area (TPSA) is 82.8 Å². The van der Waals surface area contributed by atoms with Gasteiger partial charge in [-0.1, -0.05) is 0 Å². The van der Waals surface area contributed by atoms with Crippen molar-refractivity contribution in [1.82, 2.24) is 0 Å². The standard InChI is InChI=1S/C14H22N2O4/c1-14(2,20-5)8-13(17)16-10-7-12(19-4)11(18-3)6-9(10)15/h6-7H,8,15H2,1-5H3,(H,16,17). The Morgan fingerprint density at radius 1 is 1.20 bits per heavy atom. The summed E-state index contributed by atoms with van der Waals surface area (Å²) in [6.07, 6.45) is 0.220. The predicted octanol–water partition coefficient (Wildman–Crippen LogP) is 2.04. The Bertz CT molecular complexity index is 486. The number of nitrogen functional groups attached to an aromatic ring is 1. The van der Waals surface area contributed by atoms with Crippen molar-refractivity contribution < 1.29 is 19.0 Å². The highest BCUT2D eigenvalue weighted by molar-refractivity contribution is 5.95. The molecule has 0 unspecified atom stereocenters. The Labute approximate surface area is 119 Å². The molecule has 1 aromatic rings. The number of nitrogens with one attached hydrogen (secondary N) is 1. The smallest absolute Gasteiger partial charge is 0.227 e. The van der Waals surface area contributed by atoms with Gasteiger partial charge in [-0.05, 0) is 13.8 Å². The molecule has 0 atom stereocenters. The van der Waals surface area contributed by atoms with Crippen LogP contribution in [0.25, 0.3) is 0 Å². The number of carbonyl (C=O) groups is 1. The van der Waals surface area contributed by atoms with Crippen LogP contribution in [0.15, 0.2) is 12.1 Å². The number of rotatable bonds is 6. The van der Waals surface area contributed by atoms with E-state index < -0.39 is 5.60 Å². The molecule has 0 aliphatic heterocycles. The molecule has 0 saturated heterocycles. The van der Waals surface area contributed by atoms with E-state index in [0.29, 0.717) is 22.9 Å². The molecule has 0 aromatic heterocycles. The van der Waals surface area contributed by atoms with E-state index in [1.807, 2.05) is 13.8 Å². The molecule has 1 amide bonds. The zero-order chi connectivity index (χ0) is 15.3. The second-order valence-electron chi connectivity index (χ2n) is 4.98. The van der Waals surface area contributed by atoms with Crippen LogP contribution in [0.5, 0.6) is 11.5 Å². The second-order valence-corrected chi connectivity index (χ2v) is 4.98. The fourth-order valence-corrected chi connectivity index (χ4v) is 1.66. The number of nitrogens with two attached hydrogens (primary N) is 1. The predicted molar refractivity (Wildman–Crippen MR) is 78.3 cm³/mol. The highest BCUT2D eigenvalue weighted by atomic mass is 16.5. The molecule has 1 rings (SSSR count). The number of hydrogen-bond acceptors (Lipinski definition) is 5. The van der Waals surface area contributed by atoms with E-state index in [1.165, 1.54) is 14.2 Å². The number of benzene rings is 1. The van der Waals surface area contributed by atoms with Crippen LogP contribution >= 0.6 is 0 Å². The summed E-state index contributed by atoms with van der Waals surface area (Å²) in [6, 6.07) is 3.24. The van der Waals surface area contributed by atoms with E-state index in [2.05, 4.69) is 5.32 Å². The van der Waals surface area contributed by atoms with Crippen molar-refractivity contribution in [2.45, 2.75) is 25.9 Å². The quantitative estimate of drug-likeness (QED) is 0.780. The summed E-state index contributed by atoms with van der Waals surface area (Å²) in [5.74, 6) is 0.832. The van der Waals surface area contributed by atoms with Gasteiger partial charge in [-0.2, -0.15) is 0 Å². The van der Waals surface area contributed by atoms with Gasteiger partial charge in [0.1, 0.15) is 0 Å². The Hall–Kier alpha value is -1.95. The van der Waals surface area contributed by atoms with Crippen LogP contribution in [0, 0.1) is 0 Å². The zero-order valence-electron chi connectivity index (χ0n) is 12.6. The fraction of sp³-hybridized carbons (Fsp3) is 0.500. The van der Waals surface area contributed by atoms with Crippen LogP contribution in [0.3, 0.4) is 0 Å². The van der Waals surface area contributed by atoms with E-state index in [4.69, 9.17) is 19.9 Å². The molecule has 0 saturated carbocycles. The normalized spacial score (nSPS) is 11.1. The summed E-state index contributed by atoms with van der Waals surface area (Å²) in [5, 5.41) is 2.75. The first kappa shape index (κ1) is 16.1. The van der Waals surface area contributed by atoms with Crippen molar-refractivity contribution in [3.8, 4) is 11.5 Å². The van der Waals surface area contributed by atoms with Crippen LogP contribution in [0.1, 0.15) is 20.3 Å². The number of amides is 1. The van der Waals surface area contributed by atoms with Crippen LogP contribution in [-0.4, -0.2) is 32.8 Å². The van der Waals surface area contributed by atoms with Gasteiger partial charge in [-0.15, -0.1) is 0 Å². The van der Waals surface area contributed by atoms with E-state index >= 15 is 0 Å². The van der Waals surface area contributed by atoms with Crippen LogP contribution in [0.2, 0.25) is 0 Å². The van der Waals surface area contributed by atoms with Gasteiger partial charge < -0.3 is 25.3 Å².